The Balaban J connectivity index is -0.000000240. The lowest BCUT2D eigenvalue weighted by Gasteiger charge is -2.30. The summed E-state index contributed by atoms with van der Waals surface area (Å²) < 4.78 is 42.3. The molecule has 10 nitrogen and oxygen atoms in total. The molecule has 0 spiro atoms. The highest BCUT2D eigenvalue weighted by Crippen LogP contribution is 2.37. The fraction of sp³-hybridized carbons (Fsp3) is 0.557. The molecule has 3 N–H and O–H groups in total. The molecular weight excluding hydrogens is 1630 g/mol. The Morgan fingerprint density at radius 2 is 0.598 bits per heavy atom. The van der Waals surface area contributed by atoms with Gasteiger partial charge in [0.15, 0.2) is 6.29 Å². The molecule has 132 heavy (non-hydrogen) atoms. The molecule has 1 saturated carbocycles. The molecule has 9 aromatic rings. The normalized spacial score (nSPS) is 13.1. The fourth-order valence-electron chi connectivity index (χ4n) is 14.1. The van der Waals surface area contributed by atoms with Crippen LogP contribution >= 0.6 is 0 Å². The minimum absolute atomic E-state index is 0. The van der Waals surface area contributed by atoms with Crippen LogP contribution in [-0.4, -0.2) is 60.6 Å². The maximum absolute atomic E-state index is 9.01. The summed E-state index contributed by atoms with van der Waals surface area (Å²) in [5, 5.41) is 27.0. The third-order valence-electron chi connectivity index (χ3n) is 23.4. The van der Waals surface area contributed by atoms with Crippen molar-refractivity contribution in [2.75, 3.05) is 26.4 Å². The number of hydrogen-bond donors (Lipinski definition) is 3. The molecule has 0 heterocycles. The second kappa shape index (κ2) is 74.8. The summed E-state index contributed by atoms with van der Waals surface area (Å²) in [6, 6.07) is 73.5. The number of rotatable bonds is 36. The van der Waals surface area contributed by atoms with Gasteiger partial charge in [-0.1, -0.05) is 401 Å². The molecule has 0 aliphatic heterocycles. The highest BCUT2D eigenvalue weighted by Gasteiger charge is 2.26. The van der Waals surface area contributed by atoms with Crippen molar-refractivity contribution in [2.24, 2.45) is 11.8 Å². The molecule has 10 rings (SSSR count). The zero-order chi connectivity index (χ0) is 88.2. The number of hydrogen-bond acceptors (Lipinski definition) is 10. The summed E-state index contributed by atoms with van der Waals surface area (Å²) >= 11 is 0. The monoisotopic (exact) mass is 1830 g/mol. The smallest absolute Gasteiger partial charge is 0.202 e. The lowest BCUT2D eigenvalue weighted by atomic mass is 9.75. The number of phenols is 3. The van der Waals surface area contributed by atoms with Crippen LogP contribution in [-0.2, 0) is 37.9 Å². The van der Waals surface area contributed by atoms with E-state index < -0.39 is 0 Å². The van der Waals surface area contributed by atoms with Crippen molar-refractivity contribution in [3.05, 3.63) is 280 Å². The van der Waals surface area contributed by atoms with Crippen LogP contribution in [0.4, 0.5) is 0 Å². The van der Waals surface area contributed by atoms with Crippen molar-refractivity contribution in [1.29, 1.82) is 0 Å². The van der Waals surface area contributed by atoms with Gasteiger partial charge in [-0.15, -0.1) is 0 Å². The van der Waals surface area contributed by atoms with Gasteiger partial charge < -0.3 is 48.5 Å². The van der Waals surface area contributed by atoms with E-state index >= 15 is 0 Å². The van der Waals surface area contributed by atoms with Crippen molar-refractivity contribution in [3.63, 3.8) is 0 Å². The highest BCUT2D eigenvalue weighted by molar-refractivity contribution is 5.43. The second-order valence-corrected chi connectivity index (χ2v) is 35.8. The summed E-state index contributed by atoms with van der Waals surface area (Å²) in [5.41, 5.74) is 15.3. The Kier molecular flexibility index (Phi) is 78.7. The predicted octanol–water partition coefficient (Wildman–Crippen LogP) is 38.4. The van der Waals surface area contributed by atoms with E-state index in [0.717, 1.165) is 93.1 Å². The largest absolute Gasteiger partial charge is 0.508 e. The molecule has 9 unspecified atom stereocenters. The summed E-state index contributed by atoms with van der Waals surface area (Å²) in [6.45, 7) is 53.3. The number of benzene rings is 9. The van der Waals surface area contributed by atoms with Gasteiger partial charge in [-0.25, -0.2) is 0 Å². The van der Waals surface area contributed by atoms with Gasteiger partial charge in [0.1, 0.15) is 46.9 Å². The molecule has 9 aromatic carbocycles. The lowest BCUT2D eigenvalue weighted by Crippen LogP contribution is -2.27. The number of aromatic hydroxyl groups is 3. The molecule has 9 atom stereocenters. The van der Waals surface area contributed by atoms with E-state index in [1.165, 1.54) is 93.3 Å². The molecule has 754 valence electrons. The maximum atomic E-state index is 9.01. The molecule has 0 saturated heterocycles. The van der Waals surface area contributed by atoms with Crippen LogP contribution in [0, 0.1) is 11.8 Å². The van der Waals surface area contributed by atoms with Gasteiger partial charge >= 0.3 is 0 Å². The summed E-state index contributed by atoms with van der Waals surface area (Å²) in [4.78, 5) is 0. The summed E-state index contributed by atoms with van der Waals surface area (Å²) in [6.07, 6.45) is 16.6. The molecule has 1 fully saturated rings. The van der Waals surface area contributed by atoms with Gasteiger partial charge in [0, 0.05) is 18.3 Å². The SMILES string of the molecule is C.C.C.C.C.C.C.C.C.C.C.C.CCC(C)c1ccc(O)cc1.CCC(C)c1ccc(O)cc1.CCC(C)c1ccc(O)cc1.CCC(C)c1ccc(OC(OCCCc2c(C(C)(C)C)cccc2C(C)(C)C)C(C)C)cc1.CCC(C)c1ccc(OC(OCCc2ccccc2)C(C)C)cc1.CCC(OCCOc1ccc(C2CCCCC2)cc1)Oc1ccc(C(C)CC)cc1. The van der Waals surface area contributed by atoms with Crippen LogP contribution < -0.4 is 18.9 Å². The fourth-order valence-corrected chi connectivity index (χ4v) is 14.1. The van der Waals surface area contributed by atoms with Gasteiger partial charge in [-0.2, -0.15) is 0 Å². The van der Waals surface area contributed by atoms with E-state index in [1.54, 1.807) is 36.4 Å². The predicted molar refractivity (Wildman–Crippen MR) is 588 cm³/mol. The average Bonchev–Trinajstić information content (AvgIpc) is 0.786. The maximum Gasteiger partial charge on any atom is 0.202 e. The molecular formula is C122H206O10. The van der Waals surface area contributed by atoms with Crippen LogP contribution in [0.5, 0.6) is 40.2 Å². The van der Waals surface area contributed by atoms with E-state index in [1.807, 2.05) is 54.6 Å². The van der Waals surface area contributed by atoms with E-state index in [2.05, 4.69) is 287 Å². The first-order chi connectivity index (χ1) is 57.3. The first kappa shape index (κ1) is 139. The minimum Gasteiger partial charge on any atom is -0.508 e. The molecule has 0 radical (unpaired) electrons. The number of phenolic OH excluding ortho intramolecular Hbond substituents is 3. The van der Waals surface area contributed by atoms with E-state index in [4.69, 9.17) is 48.5 Å². The minimum atomic E-state index is -0.253. The topological polar surface area (TPSA) is 125 Å². The quantitative estimate of drug-likeness (QED) is 0.0258. The molecule has 0 aromatic heterocycles. The zero-order valence-corrected chi connectivity index (χ0v) is 78.3. The van der Waals surface area contributed by atoms with Gasteiger partial charge in [-0.05, 0) is 269 Å². The first-order valence-electron chi connectivity index (χ1n) is 45.8. The molecule has 0 amide bonds. The van der Waals surface area contributed by atoms with Crippen LogP contribution in [0.1, 0.15) is 434 Å². The van der Waals surface area contributed by atoms with Gasteiger partial charge in [0.05, 0.1) is 19.8 Å². The van der Waals surface area contributed by atoms with Crippen molar-refractivity contribution in [2.45, 2.75) is 416 Å². The molecule has 1 aliphatic rings. The Bertz CT molecular complexity index is 3940. The zero-order valence-electron chi connectivity index (χ0n) is 78.3. The lowest BCUT2D eigenvalue weighted by molar-refractivity contribution is -0.108. The van der Waals surface area contributed by atoms with Crippen LogP contribution in [0.3, 0.4) is 0 Å². The number of ether oxygens (including phenoxy) is 7. The van der Waals surface area contributed by atoms with E-state index in [-0.39, 0.29) is 125 Å². The van der Waals surface area contributed by atoms with Crippen LogP contribution in [0.25, 0.3) is 0 Å². The molecule has 10 heteroatoms. The Morgan fingerprint density at radius 3 is 0.902 bits per heavy atom. The highest BCUT2D eigenvalue weighted by atomic mass is 16.7. The Hall–Kier alpha value is -8.54. The Labute approximate surface area is 817 Å². The Morgan fingerprint density at radius 1 is 0.295 bits per heavy atom. The summed E-state index contributed by atoms with van der Waals surface area (Å²) in [7, 11) is 0. The average molecular weight is 1830 g/mol. The second-order valence-electron chi connectivity index (χ2n) is 35.8. The van der Waals surface area contributed by atoms with Crippen molar-refractivity contribution in [3.8, 4) is 40.2 Å². The van der Waals surface area contributed by atoms with Crippen LogP contribution in [0.15, 0.2) is 218 Å². The van der Waals surface area contributed by atoms with Crippen LogP contribution in [0.2, 0.25) is 0 Å². The third kappa shape index (κ3) is 51.2. The molecule has 1 aliphatic carbocycles. The van der Waals surface area contributed by atoms with Gasteiger partial charge in [-0.3, -0.25) is 0 Å². The first-order valence-corrected chi connectivity index (χ1v) is 45.8. The standard InChI is InChI=1S/C31H48O2.C27H38O3.C22H30O2.3C10H14O.12CH4/c1-11-23(4)24-17-19-25(20-18-24)33-29(22(2)3)32-21-13-14-26-27(30(5,6)7)15-12-16-28(26)31(8,9)10;1-4-21(3)22-11-17-26(18-12-22)30-27(5-2)29-20-19-28-25-15-13-24(14-16-25)23-9-7-6-8-10-23;1-5-18(4)20-11-13-21(14-12-20)24-22(17(2)3)23-16-15-19-9-7-6-8-10-19;3*1-3-8(2)9-4-6-10(11)7-5-9;;;;;;;;;;;;/h12,15-20,22-23,29H,11,13-14,21H2,1-10H3;11-18,21,23,27H,4-10,19-20H2,1-3H3;6-14,17-18,22H,5,15-16H2,1-4H3;3*4-8,11H,3H2,1-2H3;12*1H4. The molecule has 0 bridgehead atoms. The van der Waals surface area contributed by atoms with Gasteiger partial charge in [0.25, 0.3) is 0 Å². The third-order valence-corrected chi connectivity index (χ3v) is 23.4. The van der Waals surface area contributed by atoms with Crippen molar-refractivity contribution < 1.29 is 48.5 Å². The van der Waals surface area contributed by atoms with Gasteiger partial charge in [0.2, 0.25) is 12.6 Å². The summed E-state index contributed by atoms with van der Waals surface area (Å²) in [5.74, 6) is 9.39. The van der Waals surface area contributed by atoms with E-state index in [9.17, 15) is 0 Å². The van der Waals surface area contributed by atoms with Crippen molar-refractivity contribution >= 4 is 0 Å². The van der Waals surface area contributed by atoms with E-state index in [0.29, 0.717) is 85.1 Å². The van der Waals surface area contributed by atoms with Crippen molar-refractivity contribution in [1.82, 2.24) is 0 Å².